The standard InChI is InChI=1S/C17H22N4O2/c1-11-9-18-10-15(19-11)16-5-4-8-21(16)17(22)7-6-14-12(2)20-23-13(14)3/h9-10,16H,4-8H2,1-3H3/t16-/m0/s1. The lowest BCUT2D eigenvalue weighted by atomic mass is 10.1. The number of nitrogens with zero attached hydrogens (tertiary/aromatic N) is 4. The SMILES string of the molecule is Cc1cncc([C@@H]2CCCN2C(=O)CCc2c(C)noc2C)n1. The van der Waals surface area contributed by atoms with E-state index in [1.807, 2.05) is 25.7 Å². The summed E-state index contributed by atoms with van der Waals surface area (Å²) < 4.78 is 5.16. The quantitative estimate of drug-likeness (QED) is 0.867. The third kappa shape index (κ3) is 3.25. The Hall–Kier alpha value is -2.24. The number of rotatable bonds is 4. The number of aryl methyl sites for hydroxylation is 3. The number of carbonyl (C=O) groups is 1. The second-order valence-electron chi connectivity index (χ2n) is 6.13. The number of hydrogen-bond donors (Lipinski definition) is 0. The van der Waals surface area contributed by atoms with Crippen LogP contribution in [0.1, 0.15) is 53.7 Å². The summed E-state index contributed by atoms with van der Waals surface area (Å²) in [7, 11) is 0. The van der Waals surface area contributed by atoms with E-state index in [4.69, 9.17) is 4.52 Å². The third-order valence-electron chi connectivity index (χ3n) is 4.46. The highest BCUT2D eigenvalue weighted by Gasteiger charge is 2.31. The van der Waals surface area contributed by atoms with Crippen LogP contribution in [0.15, 0.2) is 16.9 Å². The van der Waals surface area contributed by atoms with Crippen molar-refractivity contribution in [3.05, 3.63) is 40.8 Å². The van der Waals surface area contributed by atoms with Crippen LogP contribution in [0.25, 0.3) is 0 Å². The van der Waals surface area contributed by atoms with E-state index in [1.165, 1.54) is 0 Å². The van der Waals surface area contributed by atoms with Crippen LogP contribution in [0.3, 0.4) is 0 Å². The molecule has 23 heavy (non-hydrogen) atoms. The maximum absolute atomic E-state index is 12.7. The van der Waals surface area contributed by atoms with Gasteiger partial charge in [0.1, 0.15) is 5.76 Å². The molecule has 2 aromatic rings. The average molecular weight is 314 g/mol. The summed E-state index contributed by atoms with van der Waals surface area (Å²) in [6.45, 7) is 6.52. The van der Waals surface area contributed by atoms with Gasteiger partial charge in [0.15, 0.2) is 0 Å². The highest BCUT2D eigenvalue weighted by atomic mass is 16.5. The van der Waals surface area contributed by atoms with Crippen molar-refractivity contribution in [1.29, 1.82) is 0 Å². The number of hydrogen-bond acceptors (Lipinski definition) is 5. The van der Waals surface area contributed by atoms with Gasteiger partial charge in [-0.25, -0.2) is 0 Å². The third-order valence-corrected chi connectivity index (χ3v) is 4.46. The van der Waals surface area contributed by atoms with Gasteiger partial charge >= 0.3 is 0 Å². The highest BCUT2D eigenvalue weighted by molar-refractivity contribution is 5.77. The molecule has 0 radical (unpaired) electrons. The van der Waals surface area contributed by atoms with Gasteiger partial charge in [-0.2, -0.15) is 0 Å². The first-order chi connectivity index (χ1) is 11.1. The first-order valence-corrected chi connectivity index (χ1v) is 8.06. The van der Waals surface area contributed by atoms with E-state index in [1.54, 1.807) is 12.4 Å². The molecule has 122 valence electrons. The van der Waals surface area contributed by atoms with E-state index >= 15 is 0 Å². The minimum atomic E-state index is 0.0552. The van der Waals surface area contributed by atoms with E-state index in [2.05, 4.69) is 15.1 Å². The molecule has 1 fully saturated rings. The van der Waals surface area contributed by atoms with Gasteiger partial charge in [-0.05, 0) is 40.0 Å². The summed E-state index contributed by atoms with van der Waals surface area (Å²) in [5.41, 5.74) is 3.70. The molecule has 0 aliphatic carbocycles. The monoisotopic (exact) mass is 314 g/mol. The molecule has 0 aromatic carbocycles. The molecular weight excluding hydrogens is 292 g/mol. The lowest BCUT2D eigenvalue weighted by molar-refractivity contribution is -0.132. The average Bonchev–Trinajstić information content (AvgIpc) is 3.13. The maximum atomic E-state index is 12.7. The second kappa shape index (κ2) is 6.48. The molecule has 1 aliphatic rings. The molecule has 6 heteroatoms. The number of likely N-dealkylation sites (tertiary alicyclic amines) is 1. The molecule has 0 spiro atoms. The van der Waals surface area contributed by atoms with Crippen LogP contribution in [-0.2, 0) is 11.2 Å². The number of amides is 1. The van der Waals surface area contributed by atoms with Crippen molar-refractivity contribution in [2.24, 2.45) is 0 Å². The summed E-state index contributed by atoms with van der Waals surface area (Å²) in [6.07, 6.45) is 6.62. The fraction of sp³-hybridized carbons (Fsp3) is 0.529. The van der Waals surface area contributed by atoms with E-state index < -0.39 is 0 Å². The van der Waals surface area contributed by atoms with Gasteiger partial charge < -0.3 is 9.42 Å². The molecule has 1 atom stereocenters. The molecule has 1 aliphatic heterocycles. The van der Waals surface area contributed by atoms with Crippen molar-refractivity contribution < 1.29 is 9.32 Å². The predicted molar refractivity (Wildman–Crippen MR) is 84.8 cm³/mol. The topological polar surface area (TPSA) is 72.1 Å². The Bertz CT molecular complexity index is 691. The van der Waals surface area contributed by atoms with Crippen LogP contribution in [0.4, 0.5) is 0 Å². The van der Waals surface area contributed by atoms with Gasteiger partial charge in [0.25, 0.3) is 0 Å². The molecule has 3 rings (SSSR count). The van der Waals surface area contributed by atoms with Gasteiger partial charge in [-0.15, -0.1) is 0 Å². The number of aromatic nitrogens is 3. The zero-order chi connectivity index (χ0) is 16.4. The molecule has 1 saturated heterocycles. The molecule has 0 N–H and O–H groups in total. The molecule has 2 aromatic heterocycles. The Morgan fingerprint density at radius 2 is 2.17 bits per heavy atom. The van der Waals surface area contributed by atoms with Crippen molar-refractivity contribution in [2.45, 2.75) is 52.5 Å². The summed E-state index contributed by atoms with van der Waals surface area (Å²) in [5, 5.41) is 3.95. The van der Waals surface area contributed by atoms with E-state index in [0.29, 0.717) is 12.8 Å². The van der Waals surface area contributed by atoms with Crippen LogP contribution >= 0.6 is 0 Å². The van der Waals surface area contributed by atoms with Crippen molar-refractivity contribution in [3.8, 4) is 0 Å². The Kier molecular flexibility index (Phi) is 4.41. The van der Waals surface area contributed by atoms with Crippen LogP contribution in [0.5, 0.6) is 0 Å². The molecule has 6 nitrogen and oxygen atoms in total. The largest absolute Gasteiger partial charge is 0.361 e. The summed E-state index contributed by atoms with van der Waals surface area (Å²) in [5.74, 6) is 0.966. The first kappa shape index (κ1) is 15.6. The maximum Gasteiger partial charge on any atom is 0.223 e. The Labute approximate surface area is 135 Å². The molecule has 0 unspecified atom stereocenters. The highest BCUT2D eigenvalue weighted by Crippen LogP contribution is 2.31. The molecule has 3 heterocycles. The van der Waals surface area contributed by atoms with Gasteiger partial charge in [-0.1, -0.05) is 5.16 Å². The Balaban J connectivity index is 1.69. The van der Waals surface area contributed by atoms with Gasteiger partial charge in [0.05, 0.1) is 29.3 Å². The minimum Gasteiger partial charge on any atom is -0.361 e. The fourth-order valence-electron chi connectivity index (χ4n) is 3.25. The van der Waals surface area contributed by atoms with Crippen molar-refractivity contribution in [2.75, 3.05) is 6.54 Å². The lowest BCUT2D eigenvalue weighted by Gasteiger charge is -2.24. The van der Waals surface area contributed by atoms with Gasteiger partial charge in [0, 0.05) is 24.7 Å². The fourth-order valence-corrected chi connectivity index (χ4v) is 3.25. The summed E-state index contributed by atoms with van der Waals surface area (Å²) in [6, 6.07) is 0.0552. The summed E-state index contributed by atoms with van der Waals surface area (Å²) >= 11 is 0. The van der Waals surface area contributed by atoms with Gasteiger partial charge in [-0.3, -0.25) is 14.8 Å². The molecule has 0 bridgehead atoms. The van der Waals surface area contributed by atoms with Crippen LogP contribution < -0.4 is 0 Å². The second-order valence-corrected chi connectivity index (χ2v) is 6.13. The van der Waals surface area contributed by atoms with Crippen molar-refractivity contribution in [3.63, 3.8) is 0 Å². The van der Waals surface area contributed by atoms with E-state index in [-0.39, 0.29) is 11.9 Å². The van der Waals surface area contributed by atoms with E-state index in [9.17, 15) is 4.79 Å². The normalized spacial score (nSPS) is 17.7. The lowest BCUT2D eigenvalue weighted by Crippen LogP contribution is -2.31. The molecule has 0 saturated carbocycles. The number of carbonyl (C=O) groups excluding carboxylic acids is 1. The van der Waals surface area contributed by atoms with Crippen LogP contribution in [0, 0.1) is 20.8 Å². The zero-order valence-corrected chi connectivity index (χ0v) is 13.9. The molecular formula is C17H22N4O2. The first-order valence-electron chi connectivity index (χ1n) is 8.06. The van der Waals surface area contributed by atoms with Crippen LogP contribution in [0.2, 0.25) is 0 Å². The predicted octanol–water partition coefficient (Wildman–Crippen LogP) is 2.69. The Morgan fingerprint density at radius 3 is 2.87 bits per heavy atom. The Morgan fingerprint density at radius 1 is 1.35 bits per heavy atom. The smallest absolute Gasteiger partial charge is 0.223 e. The van der Waals surface area contributed by atoms with E-state index in [0.717, 1.165) is 47.8 Å². The zero-order valence-electron chi connectivity index (χ0n) is 13.9. The van der Waals surface area contributed by atoms with Crippen LogP contribution in [-0.4, -0.2) is 32.5 Å². The van der Waals surface area contributed by atoms with Crippen molar-refractivity contribution in [1.82, 2.24) is 20.0 Å². The molecule has 1 amide bonds. The van der Waals surface area contributed by atoms with Crippen molar-refractivity contribution >= 4 is 5.91 Å². The van der Waals surface area contributed by atoms with Gasteiger partial charge in [0.2, 0.25) is 5.91 Å². The minimum absolute atomic E-state index is 0.0552. The summed E-state index contributed by atoms with van der Waals surface area (Å²) in [4.78, 5) is 23.4.